The van der Waals surface area contributed by atoms with Crippen molar-refractivity contribution in [3.05, 3.63) is 53.9 Å². The Hall–Kier alpha value is -1.48. The second-order valence-electron chi connectivity index (χ2n) is 5.48. The van der Waals surface area contributed by atoms with Crippen LogP contribution < -0.4 is 5.32 Å². The summed E-state index contributed by atoms with van der Waals surface area (Å²) < 4.78 is 0. The zero-order valence-corrected chi connectivity index (χ0v) is 13.9. The van der Waals surface area contributed by atoms with Crippen LogP contribution in [0.25, 0.3) is 0 Å². The fraction of sp³-hybridized carbons (Fsp3) is 0.389. The summed E-state index contributed by atoms with van der Waals surface area (Å²) in [6.07, 6.45) is 3.02. The highest BCUT2D eigenvalue weighted by molar-refractivity contribution is 7.98. The van der Waals surface area contributed by atoms with Crippen LogP contribution in [0.1, 0.15) is 44.4 Å². The summed E-state index contributed by atoms with van der Waals surface area (Å²) >= 11 is 1.84. The highest BCUT2D eigenvalue weighted by atomic mass is 32.2. The Morgan fingerprint density at radius 1 is 1.14 bits per heavy atom. The van der Waals surface area contributed by atoms with Gasteiger partial charge in [0.25, 0.3) is 0 Å². The highest BCUT2D eigenvalue weighted by Crippen LogP contribution is 2.25. The first-order chi connectivity index (χ1) is 10.2. The van der Waals surface area contributed by atoms with E-state index in [-0.39, 0.29) is 0 Å². The van der Waals surface area contributed by atoms with Crippen LogP contribution in [0.3, 0.4) is 0 Å². The minimum Gasteiger partial charge on any atom is -0.385 e. The number of nitrogens with zero attached hydrogens (tertiary/aromatic N) is 1. The van der Waals surface area contributed by atoms with Gasteiger partial charge in [-0.1, -0.05) is 32.9 Å². The standard InChI is InChI=1S/C18H24N2S/c1-4-10-19-16-9-11-20-17(12-16)13-21-18-7-5-15(6-8-18)14(2)3/h5-9,11-12,14H,4,10,13H2,1-3H3,(H,19,20). The van der Waals surface area contributed by atoms with Gasteiger partial charge in [0.1, 0.15) is 0 Å². The first kappa shape index (κ1) is 15.9. The maximum atomic E-state index is 4.45. The van der Waals surface area contributed by atoms with Crippen LogP contribution in [0.2, 0.25) is 0 Å². The van der Waals surface area contributed by atoms with Crippen molar-refractivity contribution in [2.75, 3.05) is 11.9 Å². The van der Waals surface area contributed by atoms with Gasteiger partial charge < -0.3 is 5.32 Å². The molecule has 0 aliphatic rings. The largest absolute Gasteiger partial charge is 0.385 e. The molecule has 0 bridgehead atoms. The molecule has 2 nitrogen and oxygen atoms in total. The van der Waals surface area contributed by atoms with Crippen LogP contribution in [-0.2, 0) is 5.75 Å². The minimum absolute atomic E-state index is 0.590. The second-order valence-corrected chi connectivity index (χ2v) is 6.52. The Morgan fingerprint density at radius 3 is 2.57 bits per heavy atom. The van der Waals surface area contributed by atoms with Crippen molar-refractivity contribution in [3.8, 4) is 0 Å². The van der Waals surface area contributed by atoms with Crippen LogP contribution >= 0.6 is 11.8 Å². The number of hydrogen-bond donors (Lipinski definition) is 1. The average Bonchev–Trinajstić information content (AvgIpc) is 2.52. The van der Waals surface area contributed by atoms with E-state index in [0.29, 0.717) is 5.92 Å². The number of hydrogen-bond acceptors (Lipinski definition) is 3. The monoisotopic (exact) mass is 300 g/mol. The van der Waals surface area contributed by atoms with E-state index in [4.69, 9.17) is 0 Å². The summed E-state index contributed by atoms with van der Waals surface area (Å²) in [4.78, 5) is 5.75. The molecule has 21 heavy (non-hydrogen) atoms. The van der Waals surface area contributed by atoms with Crippen molar-refractivity contribution >= 4 is 17.4 Å². The van der Waals surface area contributed by atoms with Crippen molar-refractivity contribution < 1.29 is 0 Å². The molecule has 0 aliphatic heterocycles. The summed E-state index contributed by atoms with van der Waals surface area (Å²) in [5, 5.41) is 3.40. The van der Waals surface area contributed by atoms with E-state index in [1.807, 2.05) is 24.0 Å². The molecular formula is C18H24N2S. The fourth-order valence-corrected chi connectivity index (χ4v) is 2.84. The number of rotatable bonds is 7. The molecule has 2 rings (SSSR count). The third-order valence-electron chi connectivity index (χ3n) is 3.33. The first-order valence-corrected chi connectivity index (χ1v) is 8.59. The molecular weight excluding hydrogens is 276 g/mol. The maximum Gasteiger partial charge on any atom is 0.0526 e. The van der Waals surface area contributed by atoms with E-state index in [1.165, 1.54) is 10.5 Å². The SMILES string of the molecule is CCCNc1ccnc(CSc2ccc(C(C)C)cc2)c1. The van der Waals surface area contributed by atoms with Gasteiger partial charge in [-0.05, 0) is 42.2 Å². The van der Waals surface area contributed by atoms with Crippen molar-refractivity contribution in [3.63, 3.8) is 0 Å². The molecule has 0 atom stereocenters. The van der Waals surface area contributed by atoms with Gasteiger partial charge in [-0.2, -0.15) is 0 Å². The number of nitrogens with one attached hydrogen (secondary N) is 1. The molecule has 1 aromatic carbocycles. The predicted octanol–water partition coefficient (Wildman–Crippen LogP) is 5.32. The molecule has 1 N–H and O–H groups in total. The van der Waals surface area contributed by atoms with Gasteiger partial charge in [-0.3, -0.25) is 4.98 Å². The Kier molecular flexibility index (Phi) is 6.12. The van der Waals surface area contributed by atoms with E-state index in [9.17, 15) is 0 Å². The molecule has 3 heteroatoms. The lowest BCUT2D eigenvalue weighted by Gasteiger charge is -2.08. The topological polar surface area (TPSA) is 24.9 Å². The van der Waals surface area contributed by atoms with Crippen LogP contribution in [-0.4, -0.2) is 11.5 Å². The number of benzene rings is 1. The third kappa shape index (κ3) is 5.09. The third-order valence-corrected chi connectivity index (χ3v) is 4.37. The summed E-state index contributed by atoms with van der Waals surface area (Å²) in [6.45, 7) is 7.63. The zero-order valence-electron chi connectivity index (χ0n) is 13.1. The van der Waals surface area contributed by atoms with E-state index in [1.54, 1.807) is 0 Å². The number of aromatic nitrogens is 1. The van der Waals surface area contributed by atoms with Gasteiger partial charge in [0.15, 0.2) is 0 Å². The molecule has 0 saturated heterocycles. The van der Waals surface area contributed by atoms with Crippen LogP contribution in [0.5, 0.6) is 0 Å². The van der Waals surface area contributed by atoms with Crippen molar-refractivity contribution in [2.24, 2.45) is 0 Å². The predicted molar refractivity (Wildman–Crippen MR) is 93.1 cm³/mol. The van der Waals surface area contributed by atoms with E-state index < -0.39 is 0 Å². The van der Waals surface area contributed by atoms with Gasteiger partial charge >= 0.3 is 0 Å². The zero-order chi connectivity index (χ0) is 15.1. The van der Waals surface area contributed by atoms with E-state index >= 15 is 0 Å². The molecule has 2 aromatic rings. The van der Waals surface area contributed by atoms with Crippen molar-refractivity contribution in [2.45, 2.75) is 43.8 Å². The lowest BCUT2D eigenvalue weighted by Crippen LogP contribution is -2.00. The molecule has 0 aliphatic carbocycles. The van der Waals surface area contributed by atoms with E-state index in [0.717, 1.165) is 30.1 Å². The summed E-state index contributed by atoms with van der Waals surface area (Å²) in [5.41, 5.74) is 3.68. The van der Waals surface area contributed by atoms with Crippen molar-refractivity contribution in [1.82, 2.24) is 4.98 Å². The smallest absolute Gasteiger partial charge is 0.0526 e. The van der Waals surface area contributed by atoms with Gasteiger partial charge in [0.2, 0.25) is 0 Å². The lowest BCUT2D eigenvalue weighted by molar-refractivity contribution is 0.865. The molecule has 112 valence electrons. The molecule has 0 spiro atoms. The quantitative estimate of drug-likeness (QED) is 0.701. The van der Waals surface area contributed by atoms with Gasteiger partial charge in [0.05, 0.1) is 5.69 Å². The summed E-state index contributed by atoms with van der Waals surface area (Å²) in [5.74, 6) is 1.50. The fourth-order valence-electron chi connectivity index (χ4n) is 2.04. The Labute approximate surface area is 132 Å². The second kappa shape index (κ2) is 8.08. The Balaban J connectivity index is 1.93. The Morgan fingerprint density at radius 2 is 1.90 bits per heavy atom. The molecule has 0 saturated carbocycles. The molecule has 1 heterocycles. The summed E-state index contributed by atoms with van der Waals surface area (Å²) in [7, 11) is 0. The maximum absolute atomic E-state index is 4.45. The van der Waals surface area contributed by atoms with Crippen LogP contribution in [0, 0.1) is 0 Å². The first-order valence-electron chi connectivity index (χ1n) is 7.60. The van der Waals surface area contributed by atoms with Gasteiger partial charge in [-0.15, -0.1) is 11.8 Å². The average molecular weight is 300 g/mol. The van der Waals surface area contributed by atoms with Gasteiger partial charge in [-0.25, -0.2) is 0 Å². The number of pyridine rings is 1. The summed E-state index contributed by atoms with van der Waals surface area (Å²) in [6, 6.07) is 13.0. The van der Waals surface area contributed by atoms with Crippen molar-refractivity contribution in [1.29, 1.82) is 0 Å². The van der Waals surface area contributed by atoms with Crippen LogP contribution in [0.15, 0.2) is 47.5 Å². The van der Waals surface area contributed by atoms with Crippen LogP contribution in [0.4, 0.5) is 5.69 Å². The molecule has 1 aromatic heterocycles. The number of anilines is 1. The number of thioether (sulfide) groups is 1. The molecule has 0 radical (unpaired) electrons. The molecule has 0 unspecified atom stereocenters. The van der Waals surface area contributed by atoms with Gasteiger partial charge in [0, 0.05) is 29.1 Å². The Bertz CT molecular complexity index is 549. The van der Waals surface area contributed by atoms with E-state index in [2.05, 4.69) is 61.4 Å². The highest BCUT2D eigenvalue weighted by Gasteiger charge is 2.02. The minimum atomic E-state index is 0.590. The molecule has 0 fully saturated rings. The lowest BCUT2D eigenvalue weighted by atomic mass is 10.0. The molecule has 0 amide bonds. The normalized spacial score (nSPS) is 10.9.